The van der Waals surface area contributed by atoms with E-state index in [9.17, 15) is 5.26 Å². The zero-order chi connectivity index (χ0) is 32.7. The highest BCUT2D eigenvalue weighted by Crippen LogP contribution is 2.41. The summed E-state index contributed by atoms with van der Waals surface area (Å²) in [5.74, 6) is 0.553. The molecule has 7 nitrogen and oxygen atoms in total. The van der Waals surface area contributed by atoms with Crippen LogP contribution < -0.4 is 11.5 Å². The summed E-state index contributed by atoms with van der Waals surface area (Å²) in [5.41, 5.74) is 17.5. The van der Waals surface area contributed by atoms with Gasteiger partial charge in [0.25, 0.3) is 0 Å². The summed E-state index contributed by atoms with van der Waals surface area (Å²) < 4.78 is 1.82. The second kappa shape index (κ2) is 18.8. The largest absolute Gasteiger partial charge is 0.395 e. The van der Waals surface area contributed by atoms with Gasteiger partial charge in [0.1, 0.15) is 11.9 Å². The Balaban J connectivity index is 0.000000212. The summed E-state index contributed by atoms with van der Waals surface area (Å²) in [6.07, 6.45) is 3.30. The van der Waals surface area contributed by atoms with E-state index in [1.165, 1.54) is 11.1 Å². The molecule has 2 heterocycles. The summed E-state index contributed by atoms with van der Waals surface area (Å²) in [7, 11) is 0. The Morgan fingerprint density at radius 3 is 2.48 bits per heavy atom. The number of amidine groups is 1. The van der Waals surface area contributed by atoms with E-state index in [1.807, 2.05) is 58.3 Å². The van der Waals surface area contributed by atoms with Crippen LogP contribution in [0.4, 0.5) is 5.69 Å². The SMILES string of the molecule is N#Cc1cc(Cl)ccc1S[C@H](C[C@H](N)CO)c1cncs1.NC(=Nc1ccc(CCN(Cl)Cc2ccccc2)cc1)c1cccs1. The number of nitriles is 1. The van der Waals surface area contributed by atoms with Crippen molar-refractivity contribution < 1.29 is 5.11 Å². The zero-order valence-corrected chi connectivity index (χ0v) is 28.8. The smallest absolute Gasteiger partial charge is 0.141 e. The van der Waals surface area contributed by atoms with Gasteiger partial charge >= 0.3 is 0 Å². The highest BCUT2D eigenvalue weighted by molar-refractivity contribution is 7.99. The van der Waals surface area contributed by atoms with Crippen LogP contribution >= 0.6 is 57.8 Å². The standard InChI is InChI=1S/C20H20ClN3S.C14H14ClN3OS2/c21-24(15-17-5-2-1-3-6-17)13-12-16-8-10-18(11-9-16)23-20(22)19-7-4-14-25-19;15-10-1-2-12(9(3-10)5-16)21-13(4-11(17)7-19)14-6-18-8-20-14/h1-11,14H,12-13,15H2,(H2,22,23);1-3,6,8,11,13,19H,4,7,17H2/t;11-,13+/m.0/s1. The first-order valence-electron chi connectivity index (χ1n) is 14.4. The van der Waals surface area contributed by atoms with Crippen molar-refractivity contribution in [2.45, 2.75) is 35.6 Å². The quantitative estimate of drug-likeness (QED) is 0.0487. The normalized spacial score (nSPS) is 12.7. The molecular formula is C34H34Cl2N6OS3. The molecule has 2 aromatic heterocycles. The number of thiazole rings is 1. The van der Waals surface area contributed by atoms with Crippen molar-refractivity contribution in [3.05, 3.63) is 133 Å². The molecule has 0 aliphatic rings. The number of thiophene rings is 1. The lowest BCUT2D eigenvalue weighted by Gasteiger charge is -2.18. The Morgan fingerprint density at radius 1 is 1.04 bits per heavy atom. The van der Waals surface area contributed by atoms with Crippen LogP contribution in [0.5, 0.6) is 0 Å². The first kappa shape index (κ1) is 35.6. The third-order valence-electron chi connectivity index (χ3n) is 6.65. The van der Waals surface area contributed by atoms with E-state index in [0.29, 0.717) is 22.8 Å². The fourth-order valence-corrected chi connectivity index (χ4v) is 7.42. The van der Waals surface area contributed by atoms with E-state index in [0.717, 1.165) is 39.8 Å². The maximum atomic E-state index is 9.22. The van der Waals surface area contributed by atoms with Crippen LogP contribution in [-0.4, -0.2) is 39.5 Å². The predicted molar refractivity (Wildman–Crippen MR) is 194 cm³/mol. The Kier molecular flexibility index (Phi) is 14.5. The predicted octanol–water partition coefficient (Wildman–Crippen LogP) is 8.19. The lowest BCUT2D eigenvalue weighted by Crippen LogP contribution is -2.25. The topological polar surface area (TPSA) is 125 Å². The number of rotatable bonds is 13. The third-order valence-corrected chi connectivity index (χ3v) is 10.4. The van der Waals surface area contributed by atoms with Crippen LogP contribution in [0.1, 0.15) is 38.1 Å². The molecule has 2 atom stereocenters. The number of benzene rings is 3. The van der Waals surface area contributed by atoms with Crippen LogP contribution in [0.25, 0.3) is 0 Å². The molecule has 0 saturated carbocycles. The number of aliphatic hydroxyl groups excluding tert-OH is 1. The molecule has 0 bridgehead atoms. The molecule has 0 aliphatic heterocycles. The maximum absolute atomic E-state index is 9.22. The van der Waals surface area contributed by atoms with Gasteiger partial charge in [-0.15, -0.1) is 34.4 Å². The minimum Gasteiger partial charge on any atom is -0.395 e. The molecule has 0 spiro atoms. The van der Waals surface area contributed by atoms with Gasteiger partial charge in [0.15, 0.2) is 0 Å². The van der Waals surface area contributed by atoms with E-state index in [-0.39, 0.29) is 17.9 Å². The summed E-state index contributed by atoms with van der Waals surface area (Å²) in [5, 5.41) is 21.0. The van der Waals surface area contributed by atoms with Crippen molar-refractivity contribution in [3.8, 4) is 6.07 Å². The molecule has 5 N–H and O–H groups in total. The Bertz CT molecular complexity index is 1680. The van der Waals surface area contributed by atoms with Gasteiger partial charge in [-0.25, -0.2) is 9.41 Å². The molecule has 0 radical (unpaired) electrons. The number of aromatic nitrogens is 1. The van der Waals surface area contributed by atoms with Crippen molar-refractivity contribution in [3.63, 3.8) is 0 Å². The molecule has 0 unspecified atom stereocenters. The van der Waals surface area contributed by atoms with Crippen LogP contribution in [0.15, 0.2) is 112 Å². The minimum atomic E-state index is -0.303. The number of aliphatic imine (C=N–C) groups is 1. The Labute approximate surface area is 292 Å². The van der Waals surface area contributed by atoms with Crippen molar-refractivity contribution in [2.24, 2.45) is 16.5 Å². The summed E-state index contributed by atoms with van der Waals surface area (Å²) in [6.45, 7) is 1.46. The van der Waals surface area contributed by atoms with E-state index in [1.54, 1.807) is 58.3 Å². The highest BCUT2D eigenvalue weighted by Gasteiger charge is 2.20. The van der Waals surface area contributed by atoms with Gasteiger partial charge in [-0.05, 0) is 77.5 Å². The first-order valence-corrected chi connectivity index (χ1v) is 17.7. The molecule has 5 rings (SSSR count). The number of nitrogens with zero attached hydrogens (tertiary/aromatic N) is 4. The Morgan fingerprint density at radius 2 is 1.83 bits per heavy atom. The Hall–Kier alpha value is -3.24. The van der Waals surface area contributed by atoms with Crippen molar-refractivity contribution in [1.29, 1.82) is 5.26 Å². The second-order valence-corrected chi connectivity index (χ2v) is 14.2. The van der Waals surface area contributed by atoms with Gasteiger partial charge in [-0.2, -0.15) is 5.26 Å². The van der Waals surface area contributed by atoms with E-state index < -0.39 is 0 Å². The monoisotopic (exact) mass is 708 g/mol. The molecular weight excluding hydrogens is 676 g/mol. The molecule has 0 fully saturated rings. The minimum absolute atomic E-state index is 0.0490. The number of aliphatic hydroxyl groups is 1. The average molecular weight is 710 g/mol. The van der Waals surface area contributed by atoms with E-state index in [4.69, 9.17) is 40.0 Å². The number of halogens is 2. The van der Waals surface area contributed by atoms with Gasteiger partial charge in [0.05, 0.1) is 28.2 Å². The highest BCUT2D eigenvalue weighted by atomic mass is 35.5. The zero-order valence-electron chi connectivity index (χ0n) is 24.9. The molecule has 0 amide bonds. The first-order chi connectivity index (χ1) is 22.3. The van der Waals surface area contributed by atoms with Crippen molar-refractivity contribution in [2.75, 3.05) is 13.2 Å². The number of hydrogen-bond donors (Lipinski definition) is 3. The molecule has 46 heavy (non-hydrogen) atoms. The lowest BCUT2D eigenvalue weighted by molar-refractivity contribution is 0.260. The fourth-order valence-electron chi connectivity index (χ4n) is 4.27. The average Bonchev–Trinajstić information content (AvgIpc) is 3.81. The van der Waals surface area contributed by atoms with E-state index >= 15 is 0 Å². The van der Waals surface area contributed by atoms with Gasteiger partial charge in [-0.1, -0.05) is 60.1 Å². The molecule has 0 aliphatic carbocycles. The number of nitrogens with two attached hydrogens (primary N) is 2. The van der Waals surface area contributed by atoms with Gasteiger partial charge in [0, 0.05) is 45.4 Å². The summed E-state index contributed by atoms with van der Waals surface area (Å²) >= 11 is 16.9. The van der Waals surface area contributed by atoms with Crippen LogP contribution in [0, 0.1) is 11.3 Å². The summed E-state index contributed by atoms with van der Waals surface area (Å²) in [6, 6.07) is 29.4. The number of hydrogen-bond acceptors (Lipinski definition) is 9. The van der Waals surface area contributed by atoms with Crippen LogP contribution in [0.3, 0.4) is 0 Å². The lowest BCUT2D eigenvalue weighted by atomic mass is 10.1. The van der Waals surface area contributed by atoms with Gasteiger partial charge in [-0.3, -0.25) is 4.98 Å². The third kappa shape index (κ3) is 11.5. The second-order valence-electron chi connectivity index (χ2n) is 10.2. The van der Waals surface area contributed by atoms with Gasteiger partial charge in [0.2, 0.25) is 0 Å². The van der Waals surface area contributed by atoms with Crippen molar-refractivity contribution >= 4 is 69.3 Å². The maximum Gasteiger partial charge on any atom is 0.141 e. The molecule has 238 valence electrons. The van der Waals surface area contributed by atoms with Gasteiger partial charge < -0.3 is 16.6 Å². The summed E-state index contributed by atoms with van der Waals surface area (Å²) in [4.78, 5) is 11.5. The fraction of sp³-hybridized carbons (Fsp3) is 0.206. The van der Waals surface area contributed by atoms with Crippen molar-refractivity contribution in [1.82, 2.24) is 9.40 Å². The number of thioether (sulfide) groups is 1. The van der Waals surface area contributed by atoms with Crippen LogP contribution in [0.2, 0.25) is 5.02 Å². The molecule has 5 aromatic rings. The van der Waals surface area contributed by atoms with E-state index in [2.05, 4.69) is 40.3 Å². The molecule has 12 heteroatoms. The van der Waals surface area contributed by atoms with Crippen LogP contribution in [-0.2, 0) is 13.0 Å². The molecule has 0 saturated heterocycles. The molecule has 3 aromatic carbocycles.